The van der Waals surface area contributed by atoms with E-state index in [0.717, 1.165) is 32.7 Å². The Hall–Kier alpha value is -0.120. The van der Waals surface area contributed by atoms with Crippen LogP contribution in [0.1, 0.15) is 47.5 Å². The number of unbranched alkanes of at least 4 members (excludes halogenated alkanes) is 1. The van der Waals surface area contributed by atoms with E-state index in [4.69, 9.17) is 9.47 Å². The average molecular weight is 231 g/mol. The van der Waals surface area contributed by atoms with Gasteiger partial charge in [0.05, 0.1) is 18.3 Å². The van der Waals surface area contributed by atoms with Crippen LogP contribution >= 0.6 is 0 Å². The molecule has 0 radical (unpaired) electrons. The van der Waals surface area contributed by atoms with Gasteiger partial charge in [-0.05, 0) is 54.0 Å². The second-order valence-corrected chi connectivity index (χ2v) is 5.34. The molecule has 3 heteroatoms. The fraction of sp³-hybridized carbons (Fsp3) is 1.00. The van der Waals surface area contributed by atoms with Crippen molar-refractivity contribution in [3.8, 4) is 0 Å². The van der Waals surface area contributed by atoms with Crippen molar-refractivity contribution in [1.82, 2.24) is 5.32 Å². The lowest BCUT2D eigenvalue weighted by atomic mass is 10.2. The molecular weight excluding hydrogens is 202 g/mol. The maximum Gasteiger partial charge on any atom is 0.0599 e. The Morgan fingerprint density at radius 1 is 1.00 bits per heavy atom. The van der Waals surface area contributed by atoms with E-state index in [9.17, 15) is 0 Å². The average Bonchev–Trinajstić information content (AvgIpc) is 2.13. The van der Waals surface area contributed by atoms with Gasteiger partial charge in [0.15, 0.2) is 0 Å². The normalized spacial score (nSPS) is 12.4. The highest BCUT2D eigenvalue weighted by molar-refractivity contribution is 4.59. The van der Waals surface area contributed by atoms with Gasteiger partial charge in [0.25, 0.3) is 0 Å². The van der Waals surface area contributed by atoms with Crippen LogP contribution in [-0.4, -0.2) is 38.0 Å². The fourth-order valence-corrected chi connectivity index (χ4v) is 1.23. The summed E-state index contributed by atoms with van der Waals surface area (Å²) in [5.41, 5.74) is -0.0210. The Labute approximate surface area is 101 Å². The molecule has 0 aromatic heterocycles. The molecule has 0 atom stereocenters. The number of hydrogen-bond acceptors (Lipinski definition) is 3. The quantitative estimate of drug-likeness (QED) is 0.619. The molecule has 0 saturated heterocycles. The summed E-state index contributed by atoms with van der Waals surface area (Å²) in [7, 11) is 0. The van der Waals surface area contributed by atoms with Crippen LogP contribution in [0, 0.1) is 0 Å². The zero-order chi connectivity index (χ0) is 12.4. The van der Waals surface area contributed by atoms with Gasteiger partial charge in [-0.3, -0.25) is 0 Å². The minimum atomic E-state index is -0.0210. The standard InChI is InChI=1S/C13H29NO2/c1-12(2)15-10-7-6-8-14-9-11-16-13(3,4)5/h12,14H,6-11H2,1-5H3. The van der Waals surface area contributed by atoms with Gasteiger partial charge in [0.2, 0.25) is 0 Å². The number of rotatable bonds is 9. The van der Waals surface area contributed by atoms with E-state index in [2.05, 4.69) is 39.9 Å². The summed E-state index contributed by atoms with van der Waals surface area (Å²) in [6, 6.07) is 0. The molecule has 16 heavy (non-hydrogen) atoms. The van der Waals surface area contributed by atoms with Gasteiger partial charge in [-0.25, -0.2) is 0 Å². The molecule has 0 aromatic rings. The molecule has 0 aromatic carbocycles. The topological polar surface area (TPSA) is 30.5 Å². The first-order valence-electron chi connectivity index (χ1n) is 6.38. The molecule has 0 fully saturated rings. The van der Waals surface area contributed by atoms with E-state index in [1.807, 2.05) is 0 Å². The van der Waals surface area contributed by atoms with Crippen LogP contribution in [-0.2, 0) is 9.47 Å². The zero-order valence-corrected chi connectivity index (χ0v) is 11.6. The minimum absolute atomic E-state index is 0.0210. The van der Waals surface area contributed by atoms with Crippen molar-refractivity contribution < 1.29 is 9.47 Å². The van der Waals surface area contributed by atoms with Gasteiger partial charge in [-0.2, -0.15) is 0 Å². The van der Waals surface area contributed by atoms with Crippen LogP contribution < -0.4 is 5.32 Å². The van der Waals surface area contributed by atoms with Crippen molar-refractivity contribution in [3.63, 3.8) is 0 Å². The highest BCUT2D eigenvalue weighted by atomic mass is 16.5. The Bertz CT molecular complexity index is 153. The highest BCUT2D eigenvalue weighted by Gasteiger charge is 2.08. The molecule has 0 amide bonds. The molecule has 0 aliphatic heterocycles. The smallest absolute Gasteiger partial charge is 0.0599 e. The monoisotopic (exact) mass is 231 g/mol. The Morgan fingerprint density at radius 3 is 2.25 bits per heavy atom. The van der Waals surface area contributed by atoms with Gasteiger partial charge in [-0.15, -0.1) is 0 Å². The summed E-state index contributed by atoms with van der Waals surface area (Å²) >= 11 is 0. The molecule has 0 saturated carbocycles. The largest absolute Gasteiger partial charge is 0.379 e. The van der Waals surface area contributed by atoms with Crippen LogP contribution in [0.5, 0.6) is 0 Å². The molecule has 0 aliphatic rings. The molecule has 0 rings (SSSR count). The number of hydrogen-bond donors (Lipinski definition) is 1. The predicted octanol–water partition coefficient (Wildman–Crippen LogP) is 2.60. The van der Waals surface area contributed by atoms with Crippen molar-refractivity contribution in [2.75, 3.05) is 26.3 Å². The third-order valence-corrected chi connectivity index (χ3v) is 2.01. The summed E-state index contributed by atoms with van der Waals surface area (Å²) in [5.74, 6) is 0. The molecule has 1 N–H and O–H groups in total. The molecule has 0 aliphatic carbocycles. The Morgan fingerprint density at radius 2 is 1.69 bits per heavy atom. The van der Waals surface area contributed by atoms with E-state index in [1.54, 1.807) is 0 Å². The van der Waals surface area contributed by atoms with Gasteiger partial charge < -0.3 is 14.8 Å². The Kier molecular flexibility index (Phi) is 8.90. The summed E-state index contributed by atoms with van der Waals surface area (Å²) < 4.78 is 11.1. The van der Waals surface area contributed by atoms with Crippen molar-refractivity contribution in [3.05, 3.63) is 0 Å². The first-order chi connectivity index (χ1) is 7.42. The van der Waals surface area contributed by atoms with Crippen LogP contribution in [0.2, 0.25) is 0 Å². The third kappa shape index (κ3) is 13.9. The summed E-state index contributed by atoms with van der Waals surface area (Å²) in [6.07, 6.45) is 2.65. The number of nitrogens with one attached hydrogen (secondary N) is 1. The van der Waals surface area contributed by atoms with E-state index >= 15 is 0 Å². The van der Waals surface area contributed by atoms with Gasteiger partial charge >= 0.3 is 0 Å². The van der Waals surface area contributed by atoms with Crippen LogP contribution in [0.25, 0.3) is 0 Å². The first kappa shape index (κ1) is 15.9. The SMILES string of the molecule is CC(C)OCCCCNCCOC(C)(C)C. The molecular formula is C13H29NO2. The van der Waals surface area contributed by atoms with Crippen molar-refractivity contribution in [2.24, 2.45) is 0 Å². The lowest BCUT2D eigenvalue weighted by Gasteiger charge is -2.19. The lowest BCUT2D eigenvalue weighted by Crippen LogP contribution is -2.27. The first-order valence-corrected chi connectivity index (χ1v) is 6.38. The maximum atomic E-state index is 5.60. The number of ether oxygens (including phenoxy) is 2. The molecule has 98 valence electrons. The molecule has 3 nitrogen and oxygen atoms in total. The summed E-state index contributed by atoms with van der Waals surface area (Å²) in [4.78, 5) is 0. The molecule has 0 bridgehead atoms. The second-order valence-electron chi connectivity index (χ2n) is 5.34. The highest BCUT2D eigenvalue weighted by Crippen LogP contribution is 2.04. The summed E-state index contributed by atoms with van der Waals surface area (Å²) in [5, 5.41) is 3.37. The maximum absolute atomic E-state index is 5.60. The molecule has 0 unspecified atom stereocenters. The molecule has 0 heterocycles. The van der Waals surface area contributed by atoms with Crippen LogP contribution in [0.4, 0.5) is 0 Å². The van der Waals surface area contributed by atoms with E-state index in [-0.39, 0.29) is 5.60 Å². The van der Waals surface area contributed by atoms with E-state index in [1.165, 1.54) is 6.42 Å². The molecule has 0 spiro atoms. The fourth-order valence-electron chi connectivity index (χ4n) is 1.23. The zero-order valence-electron chi connectivity index (χ0n) is 11.6. The second kappa shape index (κ2) is 8.97. The summed E-state index contributed by atoms with van der Waals surface area (Å²) in [6.45, 7) is 14.0. The van der Waals surface area contributed by atoms with Crippen LogP contribution in [0.15, 0.2) is 0 Å². The van der Waals surface area contributed by atoms with Crippen molar-refractivity contribution in [2.45, 2.75) is 59.2 Å². The minimum Gasteiger partial charge on any atom is -0.379 e. The lowest BCUT2D eigenvalue weighted by molar-refractivity contribution is -0.000807. The van der Waals surface area contributed by atoms with E-state index in [0.29, 0.717) is 6.10 Å². The van der Waals surface area contributed by atoms with Crippen molar-refractivity contribution in [1.29, 1.82) is 0 Å². The van der Waals surface area contributed by atoms with Gasteiger partial charge in [0, 0.05) is 13.2 Å². The van der Waals surface area contributed by atoms with Crippen LogP contribution in [0.3, 0.4) is 0 Å². The third-order valence-electron chi connectivity index (χ3n) is 2.01. The van der Waals surface area contributed by atoms with E-state index < -0.39 is 0 Å². The van der Waals surface area contributed by atoms with Crippen molar-refractivity contribution >= 4 is 0 Å². The Balaban J connectivity index is 3.05. The van der Waals surface area contributed by atoms with Gasteiger partial charge in [0.1, 0.15) is 0 Å². The van der Waals surface area contributed by atoms with Gasteiger partial charge in [-0.1, -0.05) is 0 Å². The predicted molar refractivity (Wildman–Crippen MR) is 68.9 cm³/mol.